The molecule has 1 rings (SSSR count). The van der Waals surface area contributed by atoms with Crippen molar-refractivity contribution < 1.29 is 9.84 Å². The Morgan fingerprint density at radius 1 is 1.24 bits per heavy atom. The molecule has 2 N–H and O–H groups in total. The second-order valence-corrected chi connectivity index (χ2v) is 4.71. The first-order chi connectivity index (χ1) is 7.95. The Hall–Kier alpha value is -1.06. The summed E-state index contributed by atoms with van der Waals surface area (Å²) in [5.41, 5.74) is 1.97. The molecule has 0 heterocycles. The van der Waals surface area contributed by atoms with Crippen LogP contribution in [0.3, 0.4) is 0 Å². The quantitative estimate of drug-likeness (QED) is 0.826. The molecule has 0 radical (unpaired) electrons. The lowest BCUT2D eigenvalue weighted by Crippen LogP contribution is -2.28. The van der Waals surface area contributed by atoms with Crippen LogP contribution in [-0.4, -0.2) is 24.3 Å². The molecule has 0 fully saturated rings. The van der Waals surface area contributed by atoms with Crippen molar-refractivity contribution >= 4 is 0 Å². The average molecular weight is 237 g/mol. The number of nitrogens with one attached hydrogen (secondary N) is 1. The van der Waals surface area contributed by atoms with Gasteiger partial charge in [0.25, 0.3) is 0 Å². The van der Waals surface area contributed by atoms with Gasteiger partial charge in [-0.1, -0.05) is 6.07 Å². The van der Waals surface area contributed by atoms with E-state index in [1.54, 1.807) is 0 Å². The summed E-state index contributed by atoms with van der Waals surface area (Å²) in [5, 5.41) is 13.1. The number of ether oxygens (including phenoxy) is 1. The van der Waals surface area contributed by atoms with Gasteiger partial charge in [-0.25, -0.2) is 0 Å². The van der Waals surface area contributed by atoms with E-state index in [9.17, 15) is 5.11 Å². The zero-order valence-corrected chi connectivity index (χ0v) is 11.3. The molecule has 0 amide bonds. The highest BCUT2D eigenvalue weighted by Crippen LogP contribution is 2.25. The number of likely N-dealkylation sites (N-methyl/N-ethyl adjacent to an activating group) is 1. The summed E-state index contributed by atoms with van der Waals surface area (Å²) < 4.78 is 5.67. The van der Waals surface area contributed by atoms with Crippen molar-refractivity contribution in [1.29, 1.82) is 0 Å². The fourth-order valence-electron chi connectivity index (χ4n) is 1.69. The van der Waals surface area contributed by atoms with Gasteiger partial charge >= 0.3 is 0 Å². The zero-order chi connectivity index (χ0) is 13.0. The summed E-state index contributed by atoms with van der Waals surface area (Å²) in [4.78, 5) is 0. The van der Waals surface area contributed by atoms with Crippen LogP contribution in [0, 0.1) is 6.92 Å². The lowest BCUT2D eigenvalue weighted by molar-refractivity contribution is 0.140. The minimum Gasteiger partial charge on any atom is -0.491 e. The Morgan fingerprint density at radius 3 is 2.35 bits per heavy atom. The summed E-state index contributed by atoms with van der Waals surface area (Å²) in [6.45, 7) is 7.97. The molecule has 1 aromatic rings. The lowest BCUT2D eigenvalue weighted by Gasteiger charge is -2.20. The number of hydrogen-bond donors (Lipinski definition) is 2. The molecule has 2 atom stereocenters. The SMILES string of the molecule is CNC(C)C(O)c1ccc(OC(C)C)c(C)c1. The van der Waals surface area contributed by atoms with Crippen molar-refractivity contribution in [2.45, 2.75) is 45.9 Å². The van der Waals surface area contributed by atoms with Gasteiger partial charge in [-0.2, -0.15) is 0 Å². The predicted octanol–water partition coefficient (Wildman–Crippen LogP) is 2.42. The second-order valence-electron chi connectivity index (χ2n) is 4.71. The van der Waals surface area contributed by atoms with Crippen molar-refractivity contribution in [2.24, 2.45) is 0 Å². The van der Waals surface area contributed by atoms with E-state index in [4.69, 9.17) is 4.74 Å². The first-order valence-electron chi connectivity index (χ1n) is 6.08. The molecule has 17 heavy (non-hydrogen) atoms. The summed E-state index contributed by atoms with van der Waals surface area (Å²) in [6, 6.07) is 5.86. The van der Waals surface area contributed by atoms with Crippen LogP contribution in [0.25, 0.3) is 0 Å². The van der Waals surface area contributed by atoms with E-state index in [0.717, 1.165) is 16.9 Å². The standard InChI is InChI=1S/C14H23NO2/c1-9(2)17-13-7-6-12(8-10(13)3)14(16)11(4)15-5/h6-9,11,14-16H,1-5H3. The van der Waals surface area contributed by atoms with Crippen molar-refractivity contribution in [1.82, 2.24) is 5.32 Å². The average Bonchev–Trinajstić information content (AvgIpc) is 2.29. The molecule has 1 aromatic carbocycles. The van der Waals surface area contributed by atoms with Crippen LogP contribution in [-0.2, 0) is 0 Å². The van der Waals surface area contributed by atoms with Crippen LogP contribution < -0.4 is 10.1 Å². The maximum atomic E-state index is 10.1. The molecule has 96 valence electrons. The fourth-order valence-corrected chi connectivity index (χ4v) is 1.69. The molecule has 0 aliphatic heterocycles. The Kier molecular flexibility index (Phi) is 4.97. The summed E-state index contributed by atoms with van der Waals surface area (Å²) in [5.74, 6) is 0.882. The van der Waals surface area contributed by atoms with Crippen LogP contribution in [0.2, 0.25) is 0 Å². The summed E-state index contributed by atoms with van der Waals surface area (Å²) in [7, 11) is 1.84. The first kappa shape index (κ1) is 14.0. The lowest BCUT2D eigenvalue weighted by atomic mass is 10.0. The molecule has 0 saturated heterocycles. The number of hydrogen-bond acceptors (Lipinski definition) is 3. The van der Waals surface area contributed by atoms with Gasteiger partial charge in [-0.05, 0) is 58.0 Å². The van der Waals surface area contributed by atoms with Gasteiger partial charge in [0.05, 0.1) is 12.2 Å². The van der Waals surface area contributed by atoms with Crippen molar-refractivity contribution in [3.05, 3.63) is 29.3 Å². The van der Waals surface area contributed by atoms with Gasteiger partial charge in [-0.15, -0.1) is 0 Å². The number of rotatable bonds is 5. The second kappa shape index (κ2) is 6.03. The van der Waals surface area contributed by atoms with Gasteiger partial charge in [0.15, 0.2) is 0 Å². The van der Waals surface area contributed by atoms with E-state index in [-0.39, 0.29) is 12.1 Å². The topological polar surface area (TPSA) is 41.5 Å². The zero-order valence-electron chi connectivity index (χ0n) is 11.3. The maximum absolute atomic E-state index is 10.1. The van der Waals surface area contributed by atoms with E-state index in [2.05, 4.69) is 5.32 Å². The highest BCUT2D eigenvalue weighted by Gasteiger charge is 2.15. The molecule has 0 aromatic heterocycles. The summed E-state index contributed by atoms with van der Waals surface area (Å²) >= 11 is 0. The Bertz CT molecular complexity index is 363. The van der Waals surface area contributed by atoms with E-state index in [0.29, 0.717) is 0 Å². The number of aliphatic hydroxyl groups is 1. The molecule has 3 heteroatoms. The molecule has 0 aliphatic rings. The van der Waals surface area contributed by atoms with Crippen LogP contribution in [0.4, 0.5) is 0 Å². The Labute approximate surface area is 104 Å². The van der Waals surface area contributed by atoms with Gasteiger partial charge in [0, 0.05) is 6.04 Å². The van der Waals surface area contributed by atoms with Crippen LogP contribution in [0.15, 0.2) is 18.2 Å². The number of aliphatic hydroxyl groups excluding tert-OH is 1. The third-order valence-electron chi connectivity index (χ3n) is 2.83. The molecule has 0 bridgehead atoms. The van der Waals surface area contributed by atoms with Gasteiger partial charge < -0.3 is 15.2 Å². The third kappa shape index (κ3) is 3.72. The molecule has 0 aliphatic carbocycles. The third-order valence-corrected chi connectivity index (χ3v) is 2.83. The van der Waals surface area contributed by atoms with Gasteiger partial charge in [0.1, 0.15) is 5.75 Å². The smallest absolute Gasteiger partial charge is 0.122 e. The van der Waals surface area contributed by atoms with Gasteiger partial charge in [-0.3, -0.25) is 0 Å². The van der Waals surface area contributed by atoms with E-state index in [1.807, 2.05) is 52.9 Å². The van der Waals surface area contributed by atoms with Crippen LogP contribution in [0.1, 0.15) is 38.0 Å². The highest BCUT2D eigenvalue weighted by atomic mass is 16.5. The molecular formula is C14H23NO2. The molecule has 0 saturated carbocycles. The largest absolute Gasteiger partial charge is 0.491 e. The number of aryl methyl sites for hydroxylation is 1. The van der Waals surface area contributed by atoms with Gasteiger partial charge in [0.2, 0.25) is 0 Å². The minimum absolute atomic E-state index is 0.0336. The van der Waals surface area contributed by atoms with Crippen molar-refractivity contribution in [3.8, 4) is 5.75 Å². The molecule has 2 unspecified atom stereocenters. The molecular weight excluding hydrogens is 214 g/mol. The summed E-state index contributed by atoms with van der Waals surface area (Å²) in [6.07, 6.45) is -0.326. The van der Waals surface area contributed by atoms with Crippen LogP contribution >= 0.6 is 0 Å². The highest BCUT2D eigenvalue weighted by molar-refractivity contribution is 5.37. The van der Waals surface area contributed by atoms with Crippen molar-refractivity contribution in [2.75, 3.05) is 7.05 Å². The molecule has 3 nitrogen and oxygen atoms in total. The normalized spacial score (nSPS) is 14.8. The fraction of sp³-hybridized carbons (Fsp3) is 0.571. The Balaban J connectivity index is 2.88. The van der Waals surface area contributed by atoms with E-state index < -0.39 is 6.10 Å². The predicted molar refractivity (Wildman–Crippen MR) is 70.4 cm³/mol. The van der Waals surface area contributed by atoms with E-state index >= 15 is 0 Å². The monoisotopic (exact) mass is 237 g/mol. The van der Waals surface area contributed by atoms with E-state index in [1.165, 1.54) is 0 Å². The van der Waals surface area contributed by atoms with Crippen molar-refractivity contribution in [3.63, 3.8) is 0 Å². The maximum Gasteiger partial charge on any atom is 0.122 e. The first-order valence-corrected chi connectivity index (χ1v) is 6.08. The van der Waals surface area contributed by atoms with Crippen LogP contribution in [0.5, 0.6) is 5.75 Å². The number of benzene rings is 1. The minimum atomic E-state index is -0.494. The Morgan fingerprint density at radius 2 is 1.88 bits per heavy atom. The molecule has 0 spiro atoms.